The number of Topliss-reactive ketones (excluding diaryl/α,β-unsaturated/α-hetero) is 1. The number of hydrogen-bond donors (Lipinski definition) is 1. The predicted molar refractivity (Wildman–Crippen MR) is 80.4 cm³/mol. The lowest BCUT2D eigenvalue weighted by Gasteiger charge is -2.17. The Kier molecular flexibility index (Phi) is 4.01. The van der Waals surface area contributed by atoms with E-state index in [9.17, 15) is 4.79 Å². The van der Waals surface area contributed by atoms with E-state index in [0.717, 1.165) is 10.9 Å². The van der Waals surface area contributed by atoms with Crippen molar-refractivity contribution in [2.45, 2.75) is 20.8 Å². The van der Waals surface area contributed by atoms with Gasteiger partial charge in [-0.3, -0.25) is 4.79 Å². The van der Waals surface area contributed by atoms with Gasteiger partial charge in [-0.15, -0.1) is 0 Å². The minimum Gasteiger partial charge on any atom is -0.330 e. The van der Waals surface area contributed by atoms with E-state index in [4.69, 9.17) is 5.73 Å². The summed E-state index contributed by atoms with van der Waals surface area (Å²) in [6.45, 7) is 6.56. The molecule has 2 aromatic carbocycles. The molecule has 0 aliphatic carbocycles. The van der Waals surface area contributed by atoms with Crippen molar-refractivity contribution in [3.05, 3.63) is 47.5 Å². The molecule has 0 aromatic heterocycles. The Balaban J connectivity index is 2.40. The molecule has 0 radical (unpaired) electrons. The lowest BCUT2D eigenvalue weighted by Crippen LogP contribution is -2.28. The highest BCUT2D eigenvalue weighted by atomic mass is 16.1. The summed E-state index contributed by atoms with van der Waals surface area (Å²) in [5, 5.41) is 2.28. The van der Waals surface area contributed by atoms with E-state index < -0.39 is 0 Å². The van der Waals surface area contributed by atoms with Crippen LogP contribution in [0, 0.1) is 18.8 Å². The molecule has 1 atom stereocenters. The highest BCUT2D eigenvalue weighted by Crippen LogP contribution is 2.21. The molecular formula is C17H21NO. The second-order valence-corrected chi connectivity index (χ2v) is 5.52. The van der Waals surface area contributed by atoms with E-state index in [2.05, 4.69) is 25.1 Å². The number of carbonyl (C=O) groups is 1. The maximum absolute atomic E-state index is 12.4. The molecule has 0 saturated carbocycles. The standard InChI is InChI=1S/C17H21NO/c1-11(2)16(10-18)17(19)15-7-6-13-8-12(3)4-5-14(13)9-15/h4-9,11,16H,10,18H2,1-3H3. The molecule has 0 aliphatic heterocycles. The topological polar surface area (TPSA) is 43.1 Å². The largest absolute Gasteiger partial charge is 0.330 e. The Morgan fingerprint density at radius 3 is 2.37 bits per heavy atom. The van der Waals surface area contributed by atoms with Gasteiger partial charge in [0.25, 0.3) is 0 Å². The van der Waals surface area contributed by atoms with Crippen molar-refractivity contribution >= 4 is 16.6 Å². The van der Waals surface area contributed by atoms with Crippen LogP contribution in [-0.2, 0) is 0 Å². The molecule has 2 nitrogen and oxygen atoms in total. The van der Waals surface area contributed by atoms with Crippen molar-refractivity contribution in [3.8, 4) is 0 Å². The second kappa shape index (κ2) is 5.54. The molecule has 1 unspecified atom stereocenters. The third kappa shape index (κ3) is 2.85. The van der Waals surface area contributed by atoms with E-state index in [1.807, 2.05) is 32.0 Å². The monoisotopic (exact) mass is 255 g/mol. The van der Waals surface area contributed by atoms with Gasteiger partial charge in [0.2, 0.25) is 0 Å². The Labute approximate surface area is 114 Å². The molecule has 0 aliphatic rings. The van der Waals surface area contributed by atoms with Crippen LogP contribution in [0.25, 0.3) is 10.8 Å². The maximum atomic E-state index is 12.4. The quantitative estimate of drug-likeness (QED) is 0.849. The Hall–Kier alpha value is -1.67. The predicted octanol–water partition coefficient (Wildman–Crippen LogP) is 3.56. The van der Waals surface area contributed by atoms with Gasteiger partial charge in [-0.1, -0.05) is 49.7 Å². The molecule has 2 aromatic rings. The van der Waals surface area contributed by atoms with E-state index >= 15 is 0 Å². The van der Waals surface area contributed by atoms with Gasteiger partial charge < -0.3 is 5.73 Å². The third-order valence-electron chi connectivity index (χ3n) is 3.68. The van der Waals surface area contributed by atoms with Crippen molar-refractivity contribution in [3.63, 3.8) is 0 Å². The van der Waals surface area contributed by atoms with Gasteiger partial charge >= 0.3 is 0 Å². The van der Waals surface area contributed by atoms with Crippen molar-refractivity contribution in [2.24, 2.45) is 17.6 Å². The van der Waals surface area contributed by atoms with Gasteiger partial charge in [0.15, 0.2) is 5.78 Å². The number of rotatable bonds is 4. The smallest absolute Gasteiger partial charge is 0.167 e. The first-order chi connectivity index (χ1) is 9.02. The molecule has 19 heavy (non-hydrogen) atoms. The minimum absolute atomic E-state index is 0.0945. The Bertz CT molecular complexity index is 601. The highest BCUT2D eigenvalue weighted by Gasteiger charge is 2.21. The Morgan fingerprint density at radius 2 is 1.74 bits per heavy atom. The lowest BCUT2D eigenvalue weighted by molar-refractivity contribution is 0.0892. The fraction of sp³-hybridized carbons (Fsp3) is 0.353. The molecule has 0 heterocycles. The number of carbonyl (C=O) groups excluding carboxylic acids is 1. The van der Waals surface area contributed by atoms with Crippen LogP contribution >= 0.6 is 0 Å². The van der Waals surface area contributed by atoms with E-state index in [1.165, 1.54) is 10.9 Å². The van der Waals surface area contributed by atoms with Gasteiger partial charge in [0.05, 0.1) is 0 Å². The van der Waals surface area contributed by atoms with Crippen molar-refractivity contribution in [1.82, 2.24) is 0 Å². The molecule has 0 saturated heterocycles. The first-order valence-electron chi connectivity index (χ1n) is 6.77. The van der Waals surface area contributed by atoms with Crippen molar-refractivity contribution in [2.75, 3.05) is 6.54 Å². The summed E-state index contributed by atoms with van der Waals surface area (Å²) < 4.78 is 0. The van der Waals surface area contributed by atoms with E-state index in [0.29, 0.717) is 6.54 Å². The van der Waals surface area contributed by atoms with Crippen LogP contribution in [0.2, 0.25) is 0 Å². The van der Waals surface area contributed by atoms with Crippen molar-refractivity contribution < 1.29 is 4.79 Å². The average Bonchev–Trinajstić information content (AvgIpc) is 2.38. The molecule has 2 N–H and O–H groups in total. The number of fused-ring (bicyclic) bond motifs is 1. The second-order valence-electron chi connectivity index (χ2n) is 5.52. The van der Waals surface area contributed by atoms with Gasteiger partial charge in [-0.05, 0) is 29.7 Å². The zero-order chi connectivity index (χ0) is 14.0. The normalized spacial score (nSPS) is 12.9. The molecular weight excluding hydrogens is 234 g/mol. The van der Waals surface area contributed by atoms with Crippen LogP contribution in [0.5, 0.6) is 0 Å². The summed E-state index contributed by atoms with van der Waals surface area (Å²) in [4.78, 5) is 12.4. The van der Waals surface area contributed by atoms with Gasteiger partial charge in [-0.2, -0.15) is 0 Å². The van der Waals surface area contributed by atoms with Gasteiger partial charge in [0.1, 0.15) is 0 Å². The summed E-state index contributed by atoms with van der Waals surface area (Å²) in [5.41, 5.74) is 7.72. The lowest BCUT2D eigenvalue weighted by atomic mass is 9.87. The third-order valence-corrected chi connectivity index (χ3v) is 3.68. The molecule has 100 valence electrons. The summed E-state index contributed by atoms with van der Waals surface area (Å²) in [7, 11) is 0. The summed E-state index contributed by atoms with van der Waals surface area (Å²) >= 11 is 0. The molecule has 0 bridgehead atoms. The minimum atomic E-state index is -0.0945. The molecule has 0 spiro atoms. The van der Waals surface area contributed by atoms with E-state index in [1.54, 1.807) is 0 Å². The van der Waals surface area contributed by atoms with Crippen LogP contribution in [0.4, 0.5) is 0 Å². The fourth-order valence-corrected chi connectivity index (χ4v) is 2.41. The summed E-state index contributed by atoms with van der Waals surface area (Å²) in [6.07, 6.45) is 0. The fourth-order valence-electron chi connectivity index (χ4n) is 2.41. The van der Waals surface area contributed by atoms with Crippen molar-refractivity contribution in [1.29, 1.82) is 0 Å². The Morgan fingerprint density at radius 1 is 1.11 bits per heavy atom. The highest BCUT2D eigenvalue weighted by molar-refractivity contribution is 6.01. The van der Waals surface area contributed by atoms with Crippen LogP contribution < -0.4 is 5.73 Å². The van der Waals surface area contributed by atoms with Crippen LogP contribution in [-0.4, -0.2) is 12.3 Å². The van der Waals surface area contributed by atoms with Crippen LogP contribution in [0.15, 0.2) is 36.4 Å². The molecule has 0 fully saturated rings. The first-order valence-corrected chi connectivity index (χ1v) is 6.77. The SMILES string of the molecule is Cc1ccc2cc(C(=O)C(CN)C(C)C)ccc2c1. The number of ketones is 1. The zero-order valence-corrected chi connectivity index (χ0v) is 11.8. The molecule has 2 rings (SSSR count). The van der Waals surface area contributed by atoms with Crippen LogP contribution in [0.1, 0.15) is 29.8 Å². The maximum Gasteiger partial charge on any atom is 0.167 e. The zero-order valence-electron chi connectivity index (χ0n) is 11.8. The number of aryl methyl sites for hydroxylation is 1. The summed E-state index contributed by atoms with van der Waals surface area (Å²) in [6, 6.07) is 12.2. The number of benzene rings is 2. The molecule has 2 heteroatoms. The average molecular weight is 255 g/mol. The van der Waals surface area contributed by atoms with E-state index in [-0.39, 0.29) is 17.6 Å². The first kappa shape index (κ1) is 13.8. The van der Waals surface area contributed by atoms with Gasteiger partial charge in [-0.25, -0.2) is 0 Å². The van der Waals surface area contributed by atoms with Crippen LogP contribution in [0.3, 0.4) is 0 Å². The number of hydrogen-bond acceptors (Lipinski definition) is 2. The van der Waals surface area contributed by atoms with Gasteiger partial charge in [0, 0.05) is 18.0 Å². The number of nitrogens with two attached hydrogens (primary N) is 1. The molecule has 0 amide bonds. The summed E-state index contributed by atoms with van der Waals surface area (Å²) in [5.74, 6) is 0.328.